The van der Waals surface area contributed by atoms with Crippen molar-refractivity contribution in [3.63, 3.8) is 0 Å². The van der Waals surface area contributed by atoms with E-state index < -0.39 is 0 Å². The van der Waals surface area contributed by atoms with Gasteiger partial charge in [-0.05, 0) is 36.3 Å². The molecule has 4 heteroatoms. The van der Waals surface area contributed by atoms with Crippen molar-refractivity contribution < 1.29 is 14.1 Å². The Morgan fingerprint density at radius 2 is 2.05 bits per heavy atom. The zero-order valence-corrected chi connectivity index (χ0v) is 11.0. The number of ketones is 1. The number of allylic oxidation sites excluding steroid dienone is 1. The molecule has 0 N–H and O–H groups in total. The highest BCUT2D eigenvalue weighted by molar-refractivity contribution is 6.06. The largest absolute Gasteiger partial charge is 0.497 e. The van der Waals surface area contributed by atoms with Crippen LogP contribution in [0.15, 0.2) is 47.0 Å². The van der Waals surface area contributed by atoms with Gasteiger partial charge in [-0.15, -0.1) is 0 Å². The highest BCUT2D eigenvalue weighted by atomic mass is 16.5. The molecule has 2 aromatic rings. The number of rotatable bonds is 5. The molecule has 0 fully saturated rings. The number of carbonyl (C=O) groups excluding carboxylic acids is 1. The number of hydrogen-bond donors (Lipinski definition) is 0. The van der Waals surface area contributed by atoms with Gasteiger partial charge in [-0.3, -0.25) is 4.79 Å². The number of ether oxygens (including phenoxy) is 1. The minimum atomic E-state index is -0.199. The molecule has 0 saturated heterocycles. The second-order valence-corrected chi connectivity index (χ2v) is 4.09. The maximum Gasteiger partial charge on any atom is 0.226 e. The lowest BCUT2D eigenvalue weighted by Gasteiger charge is -1.99. The number of aromatic nitrogens is 1. The highest BCUT2D eigenvalue weighted by Gasteiger charge is 2.15. The van der Waals surface area contributed by atoms with Gasteiger partial charge in [-0.1, -0.05) is 18.7 Å². The molecule has 1 aromatic carbocycles. The zero-order chi connectivity index (χ0) is 13.8. The van der Waals surface area contributed by atoms with E-state index in [9.17, 15) is 4.79 Å². The van der Waals surface area contributed by atoms with Crippen LogP contribution in [0.2, 0.25) is 0 Å². The molecule has 1 aromatic heterocycles. The van der Waals surface area contributed by atoms with Crippen molar-refractivity contribution >= 4 is 5.78 Å². The molecular formula is C15H15NO3. The van der Waals surface area contributed by atoms with E-state index in [2.05, 4.69) is 11.7 Å². The van der Waals surface area contributed by atoms with Crippen LogP contribution in [0.4, 0.5) is 0 Å². The summed E-state index contributed by atoms with van der Waals surface area (Å²) < 4.78 is 10.2. The number of benzene rings is 1. The molecule has 0 atom stereocenters. The molecular weight excluding hydrogens is 242 g/mol. The lowest BCUT2D eigenvalue weighted by Crippen LogP contribution is -1.99. The fourth-order valence-electron chi connectivity index (χ4n) is 1.61. The molecule has 0 spiro atoms. The Morgan fingerprint density at radius 1 is 1.37 bits per heavy atom. The maximum atomic E-state index is 11.9. The summed E-state index contributed by atoms with van der Waals surface area (Å²) >= 11 is 0. The number of Topliss-reactive ketones (excluding diaryl/α,β-unsaturated/α-hetero) is 1. The van der Waals surface area contributed by atoms with Gasteiger partial charge in [0.15, 0.2) is 0 Å². The number of nitrogens with zero attached hydrogens (tertiary/aromatic N) is 1. The van der Waals surface area contributed by atoms with E-state index in [4.69, 9.17) is 9.26 Å². The first-order valence-corrected chi connectivity index (χ1v) is 5.99. The Balaban J connectivity index is 2.25. The first-order valence-electron chi connectivity index (χ1n) is 5.99. The van der Waals surface area contributed by atoms with Gasteiger partial charge in [0, 0.05) is 11.6 Å². The van der Waals surface area contributed by atoms with Gasteiger partial charge in [-0.2, -0.15) is 0 Å². The second-order valence-electron chi connectivity index (χ2n) is 4.09. The minimum absolute atomic E-state index is 0.199. The van der Waals surface area contributed by atoms with E-state index in [-0.39, 0.29) is 11.5 Å². The highest BCUT2D eigenvalue weighted by Crippen LogP contribution is 2.23. The van der Waals surface area contributed by atoms with Gasteiger partial charge in [-0.25, -0.2) is 0 Å². The molecule has 98 valence electrons. The van der Waals surface area contributed by atoms with E-state index >= 15 is 0 Å². The monoisotopic (exact) mass is 257 g/mol. The van der Waals surface area contributed by atoms with Crippen molar-refractivity contribution in [3.8, 4) is 17.0 Å². The van der Waals surface area contributed by atoms with Crippen molar-refractivity contribution in [1.82, 2.24) is 5.16 Å². The van der Waals surface area contributed by atoms with Crippen LogP contribution in [-0.4, -0.2) is 18.0 Å². The zero-order valence-electron chi connectivity index (χ0n) is 11.0. The van der Waals surface area contributed by atoms with Gasteiger partial charge in [0.25, 0.3) is 0 Å². The molecule has 1 heterocycles. The van der Waals surface area contributed by atoms with Crippen LogP contribution in [0, 0.1) is 0 Å². The molecule has 4 nitrogen and oxygen atoms in total. The summed E-state index contributed by atoms with van der Waals surface area (Å²) in [5, 5.41) is 3.90. The summed E-state index contributed by atoms with van der Waals surface area (Å²) in [5.74, 6) is 0.787. The van der Waals surface area contributed by atoms with Crippen molar-refractivity contribution in [2.24, 2.45) is 0 Å². The van der Waals surface area contributed by atoms with E-state index in [0.29, 0.717) is 17.7 Å². The Labute approximate surface area is 111 Å². The number of carbonyl (C=O) groups is 1. The molecule has 2 rings (SSSR count). The van der Waals surface area contributed by atoms with Crippen molar-refractivity contribution in [3.05, 3.63) is 48.2 Å². The fraction of sp³-hybridized carbons (Fsp3) is 0.200. The number of hydrogen-bond acceptors (Lipinski definition) is 4. The summed E-state index contributed by atoms with van der Waals surface area (Å²) in [5.41, 5.74) is 2.00. The van der Waals surface area contributed by atoms with Crippen LogP contribution in [0.3, 0.4) is 0 Å². The lowest BCUT2D eigenvalue weighted by atomic mass is 10.1. The summed E-state index contributed by atoms with van der Waals surface area (Å²) in [6, 6.07) is 9.01. The van der Waals surface area contributed by atoms with E-state index in [1.165, 1.54) is 0 Å². The Hall–Kier alpha value is -2.36. The molecule has 0 aliphatic carbocycles. The Kier molecular flexibility index (Phi) is 3.80. The van der Waals surface area contributed by atoms with Crippen molar-refractivity contribution in [2.75, 3.05) is 7.11 Å². The summed E-state index contributed by atoms with van der Waals surface area (Å²) in [4.78, 5) is 11.9. The molecule has 0 aliphatic rings. The van der Waals surface area contributed by atoms with Crippen molar-refractivity contribution in [2.45, 2.75) is 13.3 Å². The van der Waals surface area contributed by atoms with Crippen LogP contribution in [0.5, 0.6) is 5.75 Å². The summed E-state index contributed by atoms with van der Waals surface area (Å²) in [6.45, 7) is 5.58. The third kappa shape index (κ3) is 2.73. The first kappa shape index (κ1) is 13.1. The van der Waals surface area contributed by atoms with Crippen LogP contribution in [0.1, 0.15) is 23.9 Å². The first-order chi connectivity index (χ1) is 9.15. The van der Waals surface area contributed by atoms with Gasteiger partial charge < -0.3 is 9.26 Å². The normalized spacial score (nSPS) is 10.2. The van der Waals surface area contributed by atoms with Gasteiger partial charge in [0.05, 0.1) is 7.11 Å². The Morgan fingerprint density at radius 3 is 2.63 bits per heavy atom. The third-order valence-electron chi connectivity index (χ3n) is 2.87. The van der Waals surface area contributed by atoms with Crippen LogP contribution < -0.4 is 4.74 Å². The molecule has 19 heavy (non-hydrogen) atoms. The number of methoxy groups -OCH3 is 1. The smallest absolute Gasteiger partial charge is 0.226 e. The van der Waals surface area contributed by atoms with Gasteiger partial charge in [0.2, 0.25) is 11.5 Å². The maximum absolute atomic E-state index is 11.9. The van der Waals surface area contributed by atoms with Crippen LogP contribution >= 0.6 is 0 Å². The van der Waals surface area contributed by atoms with E-state index in [1.54, 1.807) is 13.2 Å². The molecule has 0 unspecified atom stereocenters. The average Bonchev–Trinajstić information content (AvgIpc) is 2.95. The molecule has 0 radical (unpaired) electrons. The van der Waals surface area contributed by atoms with E-state index in [1.807, 2.05) is 31.2 Å². The van der Waals surface area contributed by atoms with E-state index in [0.717, 1.165) is 11.3 Å². The predicted octanol–water partition coefficient (Wildman–Crippen LogP) is 3.50. The Bertz CT molecular complexity index is 596. The SMILES string of the molecule is C=C(CC)C(=O)c1cc(-c2ccc(OC)cc2)no1. The van der Waals surface area contributed by atoms with Crippen LogP contribution in [-0.2, 0) is 0 Å². The van der Waals surface area contributed by atoms with Crippen LogP contribution in [0.25, 0.3) is 11.3 Å². The average molecular weight is 257 g/mol. The summed E-state index contributed by atoms with van der Waals surface area (Å²) in [7, 11) is 1.61. The second kappa shape index (κ2) is 5.52. The third-order valence-corrected chi connectivity index (χ3v) is 2.87. The molecule has 0 bridgehead atoms. The molecule has 0 amide bonds. The topological polar surface area (TPSA) is 52.3 Å². The van der Waals surface area contributed by atoms with Crippen molar-refractivity contribution in [1.29, 1.82) is 0 Å². The fourth-order valence-corrected chi connectivity index (χ4v) is 1.61. The van der Waals surface area contributed by atoms with Gasteiger partial charge >= 0.3 is 0 Å². The quantitative estimate of drug-likeness (QED) is 0.607. The summed E-state index contributed by atoms with van der Waals surface area (Å²) in [6.07, 6.45) is 0.595. The predicted molar refractivity (Wildman–Crippen MR) is 72.3 cm³/mol. The molecule has 0 aliphatic heterocycles. The lowest BCUT2D eigenvalue weighted by molar-refractivity contribution is 0.0993. The molecule has 0 saturated carbocycles. The standard InChI is InChI=1S/C15H15NO3/c1-4-10(2)15(17)14-9-13(16-19-14)11-5-7-12(18-3)8-6-11/h5-9H,2,4H2,1,3H3. The van der Waals surface area contributed by atoms with Gasteiger partial charge in [0.1, 0.15) is 11.4 Å². The minimum Gasteiger partial charge on any atom is -0.497 e.